The highest BCUT2D eigenvalue weighted by Gasteiger charge is 2.31. The van der Waals surface area contributed by atoms with Crippen molar-refractivity contribution in [2.75, 3.05) is 13.6 Å². The normalized spacial score (nSPS) is 11.8. The third-order valence-electron chi connectivity index (χ3n) is 4.07. The van der Waals surface area contributed by atoms with E-state index in [0.717, 1.165) is 34.5 Å². The Morgan fingerprint density at radius 2 is 1.85 bits per heavy atom. The van der Waals surface area contributed by atoms with Crippen LogP contribution in [0.3, 0.4) is 0 Å². The van der Waals surface area contributed by atoms with Crippen LogP contribution >= 0.6 is 0 Å². The molecule has 0 N–H and O–H groups in total. The van der Waals surface area contributed by atoms with Gasteiger partial charge in [0.15, 0.2) is 0 Å². The molecule has 0 unspecified atom stereocenters. The highest BCUT2D eigenvalue weighted by atomic mass is 19.4. The van der Waals surface area contributed by atoms with Crippen LogP contribution in [-0.2, 0) is 6.42 Å². The molecule has 2 aromatic rings. The Labute approximate surface area is 152 Å². The van der Waals surface area contributed by atoms with E-state index in [1.54, 1.807) is 18.5 Å². The molecule has 0 aliphatic heterocycles. The van der Waals surface area contributed by atoms with Gasteiger partial charge in [-0.15, -0.1) is 13.2 Å². The number of halogens is 3. The standard InChI is InChI=1S/C20H23F3N2O/c1-5-25(4)13-24-19-10-14(2)17(9-15(19)3)11-16-7-6-8-18(12-16)26-20(21,22)23/h6-10,12-13H,5,11H2,1-4H3. The van der Waals surface area contributed by atoms with Gasteiger partial charge in [-0.25, -0.2) is 4.99 Å². The smallest absolute Gasteiger partial charge is 0.406 e. The molecule has 0 aromatic heterocycles. The number of hydrogen-bond acceptors (Lipinski definition) is 2. The minimum absolute atomic E-state index is 0.201. The van der Waals surface area contributed by atoms with Crippen molar-refractivity contribution in [3.8, 4) is 5.75 Å². The van der Waals surface area contributed by atoms with Crippen LogP contribution in [0, 0.1) is 13.8 Å². The number of aliphatic imine (C=N–C) groups is 1. The van der Waals surface area contributed by atoms with Gasteiger partial charge in [-0.05, 0) is 67.6 Å². The molecule has 2 rings (SSSR count). The van der Waals surface area contributed by atoms with Gasteiger partial charge >= 0.3 is 6.36 Å². The Morgan fingerprint density at radius 3 is 2.50 bits per heavy atom. The summed E-state index contributed by atoms with van der Waals surface area (Å²) in [6.07, 6.45) is -2.36. The molecule has 0 spiro atoms. The van der Waals surface area contributed by atoms with E-state index in [1.165, 1.54) is 12.1 Å². The first-order chi connectivity index (χ1) is 12.2. The topological polar surface area (TPSA) is 24.8 Å². The second-order valence-corrected chi connectivity index (χ2v) is 6.25. The third kappa shape index (κ3) is 5.79. The van der Waals surface area contributed by atoms with Crippen LogP contribution < -0.4 is 4.74 Å². The van der Waals surface area contributed by atoms with Gasteiger partial charge in [0.1, 0.15) is 5.75 Å². The average Bonchev–Trinajstić information content (AvgIpc) is 2.55. The molecule has 0 bridgehead atoms. The second-order valence-electron chi connectivity index (χ2n) is 6.25. The summed E-state index contributed by atoms with van der Waals surface area (Å²) < 4.78 is 41.1. The van der Waals surface area contributed by atoms with Crippen molar-refractivity contribution in [3.05, 3.63) is 58.7 Å². The second kappa shape index (κ2) is 8.25. The Balaban J connectivity index is 2.21. The molecule has 0 fully saturated rings. The largest absolute Gasteiger partial charge is 0.573 e. The third-order valence-corrected chi connectivity index (χ3v) is 4.07. The first-order valence-corrected chi connectivity index (χ1v) is 8.37. The Kier molecular flexibility index (Phi) is 6.29. The van der Waals surface area contributed by atoms with Crippen molar-refractivity contribution < 1.29 is 17.9 Å². The molecule has 0 amide bonds. The Bertz CT molecular complexity index is 785. The van der Waals surface area contributed by atoms with Gasteiger partial charge in [-0.2, -0.15) is 0 Å². The van der Waals surface area contributed by atoms with Crippen LogP contribution in [0.1, 0.15) is 29.2 Å². The summed E-state index contributed by atoms with van der Waals surface area (Å²) in [4.78, 5) is 6.48. The SMILES string of the molecule is CCN(C)C=Nc1cc(C)c(Cc2cccc(OC(F)(F)F)c2)cc1C. The Morgan fingerprint density at radius 1 is 1.12 bits per heavy atom. The van der Waals surface area contributed by atoms with Crippen molar-refractivity contribution in [1.82, 2.24) is 4.90 Å². The number of nitrogens with zero attached hydrogens (tertiary/aromatic N) is 2. The average molecular weight is 364 g/mol. The monoisotopic (exact) mass is 364 g/mol. The molecule has 140 valence electrons. The highest BCUT2D eigenvalue weighted by molar-refractivity contribution is 5.64. The molecule has 0 aliphatic rings. The van der Waals surface area contributed by atoms with Crippen LogP contribution in [0.5, 0.6) is 5.75 Å². The van der Waals surface area contributed by atoms with E-state index >= 15 is 0 Å². The van der Waals surface area contributed by atoms with Gasteiger partial charge in [-0.3, -0.25) is 0 Å². The first kappa shape index (κ1) is 19.8. The van der Waals surface area contributed by atoms with Crippen molar-refractivity contribution >= 4 is 12.0 Å². The summed E-state index contributed by atoms with van der Waals surface area (Å²) in [5.41, 5.74) is 4.77. The van der Waals surface area contributed by atoms with Gasteiger partial charge in [-0.1, -0.05) is 18.2 Å². The minimum atomic E-state index is -4.68. The molecule has 0 heterocycles. The molecule has 3 nitrogen and oxygen atoms in total. The summed E-state index contributed by atoms with van der Waals surface area (Å²) in [5.74, 6) is -0.201. The zero-order valence-electron chi connectivity index (χ0n) is 15.4. The maximum atomic E-state index is 12.4. The van der Waals surface area contributed by atoms with Crippen LogP contribution in [0.4, 0.5) is 18.9 Å². The molecule has 0 aliphatic carbocycles. The molecular formula is C20H23F3N2O. The number of ether oxygens (including phenoxy) is 1. The number of alkyl halides is 3. The number of benzene rings is 2. The van der Waals surface area contributed by atoms with E-state index in [0.29, 0.717) is 6.42 Å². The predicted molar refractivity (Wildman–Crippen MR) is 98.3 cm³/mol. The number of rotatable bonds is 6. The number of aryl methyl sites for hydroxylation is 2. The van der Waals surface area contributed by atoms with Crippen LogP contribution in [0.2, 0.25) is 0 Å². The van der Waals surface area contributed by atoms with E-state index in [4.69, 9.17) is 0 Å². The molecule has 0 saturated carbocycles. The van der Waals surface area contributed by atoms with E-state index in [1.807, 2.05) is 44.9 Å². The van der Waals surface area contributed by atoms with Crippen molar-refractivity contribution in [1.29, 1.82) is 0 Å². The molecule has 6 heteroatoms. The Hall–Kier alpha value is -2.50. The van der Waals surface area contributed by atoms with Gasteiger partial charge in [0.25, 0.3) is 0 Å². The van der Waals surface area contributed by atoms with E-state index in [9.17, 15) is 13.2 Å². The summed E-state index contributed by atoms with van der Waals surface area (Å²) in [5, 5.41) is 0. The molecule has 0 atom stereocenters. The molecule has 0 saturated heterocycles. The van der Waals surface area contributed by atoms with Gasteiger partial charge in [0.05, 0.1) is 12.0 Å². The zero-order valence-corrected chi connectivity index (χ0v) is 15.4. The minimum Gasteiger partial charge on any atom is -0.406 e. The van der Waals surface area contributed by atoms with Crippen molar-refractivity contribution in [2.45, 2.75) is 33.6 Å². The van der Waals surface area contributed by atoms with Gasteiger partial charge in [0, 0.05) is 13.6 Å². The van der Waals surface area contributed by atoms with Gasteiger partial charge < -0.3 is 9.64 Å². The maximum absolute atomic E-state index is 12.4. The quantitative estimate of drug-likeness (QED) is 0.506. The first-order valence-electron chi connectivity index (χ1n) is 8.37. The summed E-state index contributed by atoms with van der Waals surface area (Å²) in [7, 11) is 1.95. The lowest BCUT2D eigenvalue weighted by Crippen LogP contribution is -2.17. The van der Waals surface area contributed by atoms with Crippen LogP contribution in [0.15, 0.2) is 41.4 Å². The van der Waals surface area contributed by atoms with E-state index in [2.05, 4.69) is 9.73 Å². The lowest BCUT2D eigenvalue weighted by Gasteiger charge is -2.13. The fraction of sp³-hybridized carbons (Fsp3) is 0.350. The molecular weight excluding hydrogens is 341 g/mol. The summed E-state index contributed by atoms with van der Waals surface area (Å²) in [6.45, 7) is 6.87. The summed E-state index contributed by atoms with van der Waals surface area (Å²) in [6, 6.07) is 10.1. The van der Waals surface area contributed by atoms with Crippen LogP contribution in [-0.4, -0.2) is 31.2 Å². The molecule has 0 radical (unpaired) electrons. The van der Waals surface area contributed by atoms with E-state index in [-0.39, 0.29) is 5.75 Å². The van der Waals surface area contributed by atoms with Crippen LogP contribution in [0.25, 0.3) is 0 Å². The van der Waals surface area contributed by atoms with E-state index < -0.39 is 6.36 Å². The highest BCUT2D eigenvalue weighted by Crippen LogP contribution is 2.27. The van der Waals surface area contributed by atoms with Crippen molar-refractivity contribution in [2.24, 2.45) is 4.99 Å². The fourth-order valence-corrected chi connectivity index (χ4v) is 2.51. The van der Waals surface area contributed by atoms with Crippen molar-refractivity contribution in [3.63, 3.8) is 0 Å². The van der Waals surface area contributed by atoms with Gasteiger partial charge in [0.2, 0.25) is 0 Å². The summed E-state index contributed by atoms with van der Waals surface area (Å²) >= 11 is 0. The molecule has 26 heavy (non-hydrogen) atoms. The zero-order chi connectivity index (χ0) is 19.3. The molecule has 2 aromatic carbocycles. The lowest BCUT2D eigenvalue weighted by molar-refractivity contribution is -0.274. The predicted octanol–water partition coefficient (Wildman–Crippen LogP) is 5.40. The fourth-order valence-electron chi connectivity index (χ4n) is 2.51. The lowest BCUT2D eigenvalue weighted by atomic mass is 9.97. The number of hydrogen-bond donors (Lipinski definition) is 0. The maximum Gasteiger partial charge on any atom is 0.573 e.